The van der Waals surface area contributed by atoms with Gasteiger partial charge < -0.3 is 14.6 Å². The molecule has 1 aromatic carbocycles. The number of ether oxygens (including phenoxy) is 2. The van der Waals surface area contributed by atoms with E-state index in [2.05, 4.69) is 5.10 Å². The molecule has 0 bridgehead atoms. The zero-order valence-electron chi connectivity index (χ0n) is 11.5. The van der Waals surface area contributed by atoms with E-state index in [0.29, 0.717) is 28.6 Å². The number of rotatable bonds is 3. The highest BCUT2D eigenvalue weighted by molar-refractivity contribution is 6.33. The first kappa shape index (κ1) is 13.8. The molecule has 0 fully saturated rings. The molecule has 6 nitrogen and oxygen atoms in total. The van der Waals surface area contributed by atoms with E-state index in [4.69, 9.17) is 26.2 Å². The second kappa shape index (κ2) is 4.96. The number of nitrogens with zero attached hydrogens (tertiary/aromatic N) is 2. The molecule has 0 aliphatic carbocycles. The van der Waals surface area contributed by atoms with Crippen molar-refractivity contribution < 1.29 is 19.4 Å². The molecule has 1 aliphatic heterocycles. The van der Waals surface area contributed by atoms with Gasteiger partial charge in [-0.3, -0.25) is 4.68 Å². The highest BCUT2D eigenvalue weighted by Gasteiger charge is 2.25. The number of aryl methyl sites for hydroxylation is 1. The van der Waals surface area contributed by atoms with Crippen LogP contribution in [0, 0.1) is 0 Å². The lowest BCUT2D eigenvalue weighted by molar-refractivity contribution is 0.0689. The zero-order chi connectivity index (χ0) is 15.1. The molecule has 1 N–H and O–H groups in total. The summed E-state index contributed by atoms with van der Waals surface area (Å²) < 4.78 is 12.3. The van der Waals surface area contributed by atoms with Gasteiger partial charge in [0.25, 0.3) is 0 Å². The van der Waals surface area contributed by atoms with E-state index in [1.165, 1.54) is 10.7 Å². The molecular weight excluding hydrogens is 296 g/mol. The third-order valence-electron chi connectivity index (χ3n) is 3.43. The lowest BCUT2D eigenvalue weighted by atomic mass is 10.0. The first-order valence-corrected chi connectivity index (χ1v) is 6.79. The summed E-state index contributed by atoms with van der Waals surface area (Å²) in [6.45, 7) is 2.11. The third kappa shape index (κ3) is 2.12. The minimum Gasteiger partial charge on any atom is -0.476 e. The molecule has 0 unspecified atom stereocenters. The maximum atomic E-state index is 11.1. The number of hydrogen-bond donors (Lipinski definition) is 1. The van der Waals surface area contributed by atoms with Gasteiger partial charge >= 0.3 is 5.97 Å². The predicted octanol–water partition coefficient (Wildman–Crippen LogP) is 2.73. The molecule has 1 aliphatic rings. The van der Waals surface area contributed by atoms with Crippen molar-refractivity contribution in [3.05, 3.63) is 28.4 Å². The lowest BCUT2D eigenvalue weighted by Crippen LogP contribution is -2.00. The number of benzene rings is 1. The Morgan fingerprint density at radius 1 is 1.48 bits per heavy atom. The van der Waals surface area contributed by atoms with Crippen LogP contribution in [-0.4, -0.2) is 27.6 Å². The summed E-state index contributed by atoms with van der Waals surface area (Å²) >= 11 is 6.38. The Labute approximate surface area is 125 Å². The Hall–Kier alpha value is -2.21. The number of carbonyl (C=O) groups is 1. The SMILES string of the molecule is CCc1c(-c2cc(C(=O)O)nn2C)cc2c(c1Cl)OCO2. The van der Waals surface area contributed by atoms with Crippen LogP contribution in [0.15, 0.2) is 12.1 Å². The number of aromatic nitrogens is 2. The molecule has 1 aromatic heterocycles. The number of halogens is 1. The van der Waals surface area contributed by atoms with Crippen LogP contribution < -0.4 is 9.47 Å². The van der Waals surface area contributed by atoms with Crippen LogP contribution in [0.25, 0.3) is 11.3 Å². The number of hydrogen-bond acceptors (Lipinski definition) is 4. The summed E-state index contributed by atoms with van der Waals surface area (Å²) in [5.74, 6) is 0.0323. The number of carboxylic acid groups (broad SMARTS) is 1. The maximum Gasteiger partial charge on any atom is 0.356 e. The van der Waals surface area contributed by atoms with Crippen LogP contribution >= 0.6 is 11.6 Å². The Bertz CT molecular complexity index is 739. The summed E-state index contributed by atoms with van der Waals surface area (Å²) in [7, 11) is 1.69. The molecule has 110 valence electrons. The van der Waals surface area contributed by atoms with Crippen molar-refractivity contribution in [3.8, 4) is 22.8 Å². The quantitative estimate of drug-likeness (QED) is 0.943. The molecular formula is C14H13ClN2O4. The van der Waals surface area contributed by atoms with Gasteiger partial charge in [0, 0.05) is 12.6 Å². The highest BCUT2D eigenvalue weighted by Crippen LogP contribution is 2.45. The van der Waals surface area contributed by atoms with Gasteiger partial charge in [-0.25, -0.2) is 4.79 Å². The van der Waals surface area contributed by atoms with Crippen molar-refractivity contribution in [2.45, 2.75) is 13.3 Å². The van der Waals surface area contributed by atoms with Crippen molar-refractivity contribution in [1.29, 1.82) is 0 Å². The number of aromatic carboxylic acids is 1. The molecule has 2 heterocycles. The van der Waals surface area contributed by atoms with E-state index in [1.54, 1.807) is 7.05 Å². The molecule has 0 atom stereocenters. The second-order valence-electron chi connectivity index (χ2n) is 4.65. The fourth-order valence-electron chi connectivity index (χ4n) is 2.44. The Kier molecular flexibility index (Phi) is 3.25. The van der Waals surface area contributed by atoms with Crippen LogP contribution in [-0.2, 0) is 13.5 Å². The van der Waals surface area contributed by atoms with Gasteiger partial charge in [-0.1, -0.05) is 18.5 Å². The van der Waals surface area contributed by atoms with E-state index in [0.717, 1.165) is 11.1 Å². The molecule has 0 radical (unpaired) electrons. The van der Waals surface area contributed by atoms with Gasteiger partial charge in [0.1, 0.15) is 0 Å². The number of fused-ring (bicyclic) bond motifs is 1. The molecule has 7 heteroatoms. The van der Waals surface area contributed by atoms with E-state index >= 15 is 0 Å². The van der Waals surface area contributed by atoms with Crippen molar-refractivity contribution in [2.24, 2.45) is 7.05 Å². The molecule has 21 heavy (non-hydrogen) atoms. The maximum absolute atomic E-state index is 11.1. The van der Waals surface area contributed by atoms with Gasteiger partial charge in [0.15, 0.2) is 17.2 Å². The fraction of sp³-hybridized carbons (Fsp3) is 0.286. The molecule has 0 amide bonds. The summed E-state index contributed by atoms with van der Waals surface area (Å²) in [6, 6.07) is 3.34. The lowest BCUT2D eigenvalue weighted by Gasteiger charge is -2.12. The van der Waals surface area contributed by atoms with Crippen molar-refractivity contribution in [2.75, 3.05) is 6.79 Å². The van der Waals surface area contributed by atoms with Crippen LogP contribution in [0.1, 0.15) is 23.0 Å². The van der Waals surface area contributed by atoms with Crippen LogP contribution in [0.2, 0.25) is 5.02 Å². The van der Waals surface area contributed by atoms with Gasteiger partial charge in [0.2, 0.25) is 6.79 Å². The Morgan fingerprint density at radius 3 is 2.86 bits per heavy atom. The number of carboxylic acids is 1. The average molecular weight is 309 g/mol. The van der Waals surface area contributed by atoms with Gasteiger partial charge in [-0.15, -0.1) is 0 Å². The molecule has 0 saturated carbocycles. The van der Waals surface area contributed by atoms with Crippen LogP contribution in [0.4, 0.5) is 0 Å². The molecule has 2 aromatic rings. The summed E-state index contributed by atoms with van der Waals surface area (Å²) in [5, 5.41) is 13.5. The van der Waals surface area contributed by atoms with E-state index in [9.17, 15) is 4.79 Å². The summed E-state index contributed by atoms with van der Waals surface area (Å²) in [4.78, 5) is 11.1. The smallest absolute Gasteiger partial charge is 0.356 e. The fourth-order valence-corrected chi connectivity index (χ4v) is 2.82. The first-order valence-electron chi connectivity index (χ1n) is 6.41. The van der Waals surface area contributed by atoms with Crippen LogP contribution in [0.3, 0.4) is 0 Å². The standard InChI is InChI=1S/C14H13ClN2O4/c1-3-7-8(4-11-13(12(7)15)21-6-20-11)10-5-9(14(18)19)16-17(10)2/h4-5H,3,6H2,1-2H3,(H,18,19). The van der Waals surface area contributed by atoms with E-state index in [-0.39, 0.29) is 12.5 Å². The van der Waals surface area contributed by atoms with Crippen molar-refractivity contribution in [1.82, 2.24) is 9.78 Å². The van der Waals surface area contributed by atoms with Crippen LogP contribution in [0.5, 0.6) is 11.5 Å². The minimum atomic E-state index is -1.07. The van der Waals surface area contributed by atoms with Crippen molar-refractivity contribution in [3.63, 3.8) is 0 Å². The highest BCUT2D eigenvalue weighted by atomic mass is 35.5. The van der Waals surface area contributed by atoms with E-state index in [1.807, 2.05) is 13.0 Å². The largest absolute Gasteiger partial charge is 0.476 e. The average Bonchev–Trinajstić information content (AvgIpc) is 3.05. The topological polar surface area (TPSA) is 73.6 Å². The Balaban J connectivity index is 2.23. The minimum absolute atomic E-state index is 0.0108. The summed E-state index contributed by atoms with van der Waals surface area (Å²) in [6.07, 6.45) is 0.679. The predicted molar refractivity (Wildman–Crippen MR) is 76.1 cm³/mol. The third-order valence-corrected chi connectivity index (χ3v) is 3.83. The van der Waals surface area contributed by atoms with Gasteiger partial charge in [-0.05, 0) is 24.1 Å². The molecule has 3 rings (SSSR count). The monoisotopic (exact) mass is 308 g/mol. The van der Waals surface area contributed by atoms with Gasteiger partial charge in [-0.2, -0.15) is 5.10 Å². The van der Waals surface area contributed by atoms with E-state index < -0.39 is 5.97 Å². The molecule has 0 spiro atoms. The normalized spacial score (nSPS) is 12.7. The first-order chi connectivity index (χ1) is 10.0. The van der Waals surface area contributed by atoms with Gasteiger partial charge in [0.05, 0.1) is 10.7 Å². The molecule has 0 saturated heterocycles. The van der Waals surface area contributed by atoms with Crippen molar-refractivity contribution >= 4 is 17.6 Å². The zero-order valence-corrected chi connectivity index (χ0v) is 12.3. The Morgan fingerprint density at radius 2 is 2.24 bits per heavy atom. The summed E-state index contributed by atoms with van der Waals surface area (Å²) in [5.41, 5.74) is 2.34. The second-order valence-corrected chi connectivity index (χ2v) is 5.03.